The summed E-state index contributed by atoms with van der Waals surface area (Å²) >= 11 is 12.0. The number of nitrogens with one attached hydrogen (secondary N) is 1. The van der Waals surface area contributed by atoms with Gasteiger partial charge in [-0.3, -0.25) is 4.79 Å². The van der Waals surface area contributed by atoms with E-state index < -0.39 is 16.1 Å². The van der Waals surface area contributed by atoms with Gasteiger partial charge in [0.25, 0.3) is 15.9 Å². The predicted molar refractivity (Wildman–Crippen MR) is 105 cm³/mol. The average molecular weight is 447 g/mol. The summed E-state index contributed by atoms with van der Waals surface area (Å²) in [5.41, 5.74) is 0. The maximum Gasteiger partial charge on any atom is 0.263 e. The Kier molecular flexibility index (Phi) is 6.49. The molecule has 0 saturated carbocycles. The van der Waals surface area contributed by atoms with Crippen LogP contribution < -0.4 is 4.74 Å². The van der Waals surface area contributed by atoms with Crippen molar-refractivity contribution in [3.8, 4) is 5.75 Å². The number of carbonyl (C=O) groups is 1. The summed E-state index contributed by atoms with van der Waals surface area (Å²) in [4.78, 5) is 20.8. The van der Waals surface area contributed by atoms with Crippen LogP contribution in [0.1, 0.15) is 13.3 Å². The fourth-order valence-electron chi connectivity index (χ4n) is 2.95. The van der Waals surface area contributed by atoms with Crippen molar-refractivity contribution >= 4 is 39.1 Å². The highest BCUT2D eigenvalue weighted by Gasteiger charge is 2.31. The quantitative estimate of drug-likeness (QED) is 0.760. The third-order valence-electron chi connectivity index (χ3n) is 4.40. The highest BCUT2D eigenvalue weighted by molar-refractivity contribution is 7.89. The van der Waals surface area contributed by atoms with E-state index in [1.165, 1.54) is 16.8 Å². The molecule has 11 heteroatoms. The Hall–Kier alpha value is -1.81. The zero-order valence-corrected chi connectivity index (χ0v) is 17.5. The molecule has 2 heterocycles. The first-order chi connectivity index (χ1) is 13.3. The molecule has 152 valence electrons. The molecule has 3 rings (SSSR count). The van der Waals surface area contributed by atoms with Gasteiger partial charge in [-0.25, -0.2) is 13.4 Å². The summed E-state index contributed by atoms with van der Waals surface area (Å²) in [5.74, 6) is 0.136. The summed E-state index contributed by atoms with van der Waals surface area (Å²) in [6.45, 7) is 2.87. The van der Waals surface area contributed by atoms with Gasteiger partial charge in [-0.05, 0) is 31.5 Å². The van der Waals surface area contributed by atoms with Gasteiger partial charge in [0, 0.05) is 31.2 Å². The number of hydrogen-bond donors (Lipinski definition) is 1. The van der Waals surface area contributed by atoms with Gasteiger partial charge in [-0.15, -0.1) is 0 Å². The summed E-state index contributed by atoms with van der Waals surface area (Å²) in [6, 6.07) is 4.78. The lowest BCUT2D eigenvalue weighted by atomic mass is 10.3. The Morgan fingerprint density at radius 2 is 2.04 bits per heavy atom. The van der Waals surface area contributed by atoms with Gasteiger partial charge in [0.15, 0.2) is 11.1 Å². The van der Waals surface area contributed by atoms with Crippen molar-refractivity contribution in [2.45, 2.75) is 24.5 Å². The highest BCUT2D eigenvalue weighted by Crippen LogP contribution is 2.28. The second-order valence-electron chi connectivity index (χ2n) is 6.33. The molecule has 0 radical (unpaired) electrons. The molecular weight excluding hydrogens is 427 g/mol. The number of ether oxygens (including phenoxy) is 1. The van der Waals surface area contributed by atoms with Crippen molar-refractivity contribution in [3.05, 3.63) is 40.8 Å². The lowest BCUT2D eigenvalue weighted by Crippen LogP contribution is -2.43. The largest absolute Gasteiger partial charge is 0.479 e. The van der Waals surface area contributed by atoms with Crippen LogP contribution in [-0.4, -0.2) is 65.8 Å². The van der Waals surface area contributed by atoms with Crippen LogP contribution in [0.25, 0.3) is 0 Å². The Bertz CT molecular complexity index is 937. The SMILES string of the molecule is C[C@H](Oc1ccc(Cl)cc1Cl)C(=O)N1CCCN(S(=O)(=O)c2cnc[nH]2)CC1. The number of nitrogens with zero attached hydrogens (tertiary/aromatic N) is 3. The number of imidazole rings is 1. The van der Waals surface area contributed by atoms with Crippen LogP contribution >= 0.6 is 23.2 Å². The van der Waals surface area contributed by atoms with Crippen molar-refractivity contribution in [2.24, 2.45) is 0 Å². The lowest BCUT2D eigenvalue weighted by Gasteiger charge is -2.25. The number of amides is 1. The van der Waals surface area contributed by atoms with E-state index in [1.54, 1.807) is 30.0 Å². The van der Waals surface area contributed by atoms with Gasteiger partial charge in [-0.1, -0.05) is 23.2 Å². The van der Waals surface area contributed by atoms with Crippen LogP contribution in [0.3, 0.4) is 0 Å². The van der Waals surface area contributed by atoms with Crippen LogP contribution in [-0.2, 0) is 14.8 Å². The molecule has 0 aliphatic carbocycles. The van der Waals surface area contributed by atoms with E-state index in [9.17, 15) is 13.2 Å². The van der Waals surface area contributed by atoms with Gasteiger partial charge in [-0.2, -0.15) is 4.31 Å². The van der Waals surface area contributed by atoms with E-state index in [4.69, 9.17) is 27.9 Å². The highest BCUT2D eigenvalue weighted by atomic mass is 35.5. The topological polar surface area (TPSA) is 95.6 Å². The monoisotopic (exact) mass is 446 g/mol. The Morgan fingerprint density at radius 1 is 1.25 bits per heavy atom. The minimum atomic E-state index is -3.65. The smallest absolute Gasteiger partial charge is 0.263 e. The van der Waals surface area contributed by atoms with E-state index in [-0.39, 0.29) is 24.0 Å². The number of aromatic amines is 1. The summed E-state index contributed by atoms with van der Waals surface area (Å²) in [6.07, 6.45) is 2.35. The summed E-state index contributed by atoms with van der Waals surface area (Å²) in [5, 5.41) is 0.837. The molecule has 1 aliphatic rings. The number of benzene rings is 1. The summed E-state index contributed by atoms with van der Waals surface area (Å²) in [7, 11) is -3.65. The third-order valence-corrected chi connectivity index (χ3v) is 6.76. The van der Waals surface area contributed by atoms with Gasteiger partial charge in [0.2, 0.25) is 0 Å². The van der Waals surface area contributed by atoms with Crippen LogP contribution in [0.2, 0.25) is 10.0 Å². The van der Waals surface area contributed by atoms with E-state index in [0.717, 1.165) is 0 Å². The number of aromatic nitrogens is 2. The molecule has 2 aromatic rings. The van der Waals surface area contributed by atoms with Crippen LogP contribution in [0.4, 0.5) is 0 Å². The fourth-order valence-corrected chi connectivity index (χ4v) is 4.76. The molecule has 1 N–H and O–H groups in total. The Labute approximate surface area is 173 Å². The minimum Gasteiger partial charge on any atom is -0.479 e. The first-order valence-electron chi connectivity index (χ1n) is 8.68. The molecule has 1 saturated heterocycles. The average Bonchev–Trinajstić information content (AvgIpc) is 3.09. The van der Waals surface area contributed by atoms with E-state index in [1.807, 2.05) is 0 Å². The molecule has 8 nitrogen and oxygen atoms in total. The second kappa shape index (κ2) is 8.69. The molecule has 28 heavy (non-hydrogen) atoms. The molecule has 0 spiro atoms. The minimum absolute atomic E-state index is 0.0429. The van der Waals surface area contributed by atoms with Crippen molar-refractivity contribution in [2.75, 3.05) is 26.2 Å². The lowest BCUT2D eigenvalue weighted by molar-refractivity contribution is -0.137. The molecule has 1 atom stereocenters. The Morgan fingerprint density at radius 3 is 2.71 bits per heavy atom. The van der Waals surface area contributed by atoms with E-state index >= 15 is 0 Å². The molecule has 1 aromatic heterocycles. The zero-order chi connectivity index (χ0) is 20.3. The maximum atomic E-state index is 12.8. The standard InChI is InChI=1S/C17H20Cl2N4O4S/c1-12(27-15-4-3-13(18)9-14(15)19)17(24)22-5-2-6-23(8-7-22)28(25,26)16-10-20-11-21-16/h3-4,9-12H,2,5-8H2,1H3,(H,20,21)/t12-/m0/s1. The number of sulfonamides is 1. The molecule has 1 amide bonds. The molecule has 0 bridgehead atoms. The number of halogens is 2. The number of carbonyl (C=O) groups excluding carboxylic acids is 1. The Balaban J connectivity index is 1.64. The number of hydrogen-bond acceptors (Lipinski definition) is 5. The zero-order valence-electron chi connectivity index (χ0n) is 15.1. The van der Waals surface area contributed by atoms with Gasteiger partial charge in [0.05, 0.1) is 17.5 Å². The number of H-pyrrole nitrogens is 1. The fraction of sp³-hybridized carbons (Fsp3) is 0.412. The molecule has 1 fully saturated rings. The van der Waals surface area contributed by atoms with E-state index in [0.29, 0.717) is 35.3 Å². The van der Waals surface area contributed by atoms with Gasteiger partial charge < -0.3 is 14.6 Å². The number of rotatable bonds is 5. The van der Waals surface area contributed by atoms with Gasteiger partial charge in [0.1, 0.15) is 5.75 Å². The van der Waals surface area contributed by atoms with E-state index in [2.05, 4.69) is 9.97 Å². The van der Waals surface area contributed by atoms with Crippen molar-refractivity contribution < 1.29 is 17.9 Å². The van der Waals surface area contributed by atoms with Crippen molar-refractivity contribution in [1.82, 2.24) is 19.2 Å². The third kappa shape index (κ3) is 4.60. The first-order valence-corrected chi connectivity index (χ1v) is 10.9. The second-order valence-corrected chi connectivity index (χ2v) is 9.08. The van der Waals surface area contributed by atoms with Crippen molar-refractivity contribution in [1.29, 1.82) is 0 Å². The van der Waals surface area contributed by atoms with Gasteiger partial charge >= 0.3 is 0 Å². The molecule has 1 aliphatic heterocycles. The summed E-state index contributed by atoms with van der Waals surface area (Å²) < 4.78 is 32.3. The molecule has 1 aromatic carbocycles. The molecular formula is C17H20Cl2N4O4S. The van der Waals surface area contributed by atoms with Crippen molar-refractivity contribution in [3.63, 3.8) is 0 Å². The predicted octanol–water partition coefficient (Wildman–Crippen LogP) is 2.41. The van der Waals surface area contributed by atoms with Crippen LogP contribution in [0.15, 0.2) is 35.7 Å². The maximum absolute atomic E-state index is 12.8. The molecule has 0 unspecified atom stereocenters. The first kappa shape index (κ1) is 20.9. The normalized spacial score (nSPS) is 17.2. The van der Waals surface area contributed by atoms with Crippen LogP contribution in [0.5, 0.6) is 5.75 Å². The van der Waals surface area contributed by atoms with Crippen LogP contribution in [0, 0.1) is 0 Å².